The average molecular weight is 335 g/mol. The van der Waals surface area contributed by atoms with Crippen LogP contribution in [0.25, 0.3) is 11.0 Å². The van der Waals surface area contributed by atoms with Crippen molar-refractivity contribution in [3.05, 3.63) is 59.4 Å². The molecule has 2 aromatic carbocycles. The van der Waals surface area contributed by atoms with Gasteiger partial charge in [0.05, 0.1) is 11.0 Å². The first-order valence-corrected chi connectivity index (χ1v) is 8.43. The number of rotatable bonds is 5. The van der Waals surface area contributed by atoms with Gasteiger partial charge in [0.1, 0.15) is 5.82 Å². The van der Waals surface area contributed by atoms with E-state index < -0.39 is 12.8 Å². The average Bonchev–Trinajstić information content (AvgIpc) is 2.93. The summed E-state index contributed by atoms with van der Waals surface area (Å²) in [6.45, 7) is 6.12. The molecule has 0 radical (unpaired) electrons. The number of nitrogens with zero attached hydrogens (tertiary/aromatic N) is 2. The molecule has 6 heteroatoms. The van der Waals surface area contributed by atoms with Crippen LogP contribution in [0, 0.1) is 0 Å². The van der Waals surface area contributed by atoms with Crippen molar-refractivity contribution in [2.24, 2.45) is 5.73 Å². The third-order valence-corrected chi connectivity index (χ3v) is 4.38. The van der Waals surface area contributed by atoms with Gasteiger partial charge >= 0.3 is 6.92 Å². The highest BCUT2D eigenvalue weighted by Gasteiger charge is 2.16. The van der Waals surface area contributed by atoms with Gasteiger partial charge in [0, 0.05) is 18.0 Å². The van der Waals surface area contributed by atoms with Crippen molar-refractivity contribution in [3.8, 4) is 0 Å². The van der Waals surface area contributed by atoms with Gasteiger partial charge in [0.15, 0.2) is 0 Å². The van der Waals surface area contributed by atoms with Crippen LogP contribution in [0.5, 0.6) is 0 Å². The predicted molar refractivity (Wildman–Crippen MR) is 101 cm³/mol. The van der Waals surface area contributed by atoms with Crippen LogP contribution in [0.3, 0.4) is 0 Å². The first-order chi connectivity index (χ1) is 11.9. The zero-order chi connectivity index (χ0) is 18.1. The summed E-state index contributed by atoms with van der Waals surface area (Å²) < 4.78 is 2.13. The molecule has 0 saturated heterocycles. The minimum atomic E-state index is -0.479. The fourth-order valence-electron chi connectivity index (χ4n) is 2.99. The molecule has 0 atom stereocenters. The Bertz CT molecular complexity index is 914. The van der Waals surface area contributed by atoms with Crippen LogP contribution in [0.2, 0.25) is 6.82 Å². The molecule has 25 heavy (non-hydrogen) atoms. The zero-order valence-electron chi connectivity index (χ0n) is 14.7. The molecule has 1 aromatic heterocycles. The second-order valence-electron chi connectivity index (χ2n) is 6.70. The Labute approximate surface area is 147 Å². The minimum absolute atomic E-state index is 0.251. The Morgan fingerprint density at radius 3 is 2.48 bits per heavy atom. The normalized spacial score (nSPS) is 11.2. The van der Waals surface area contributed by atoms with Crippen molar-refractivity contribution in [2.75, 3.05) is 0 Å². The van der Waals surface area contributed by atoms with E-state index in [2.05, 4.69) is 18.4 Å². The second-order valence-corrected chi connectivity index (χ2v) is 6.70. The number of aromatic nitrogens is 2. The molecule has 0 bridgehead atoms. The maximum atomic E-state index is 11.5. The molecule has 0 aliphatic carbocycles. The van der Waals surface area contributed by atoms with E-state index in [-0.39, 0.29) is 5.92 Å². The summed E-state index contributed by atoms with van der Waals surface area (Å²) >= 11 is 0. The number of nitrogens with two attached hydrogens (primary N) is 1. The molecular weight excluding hydrogens is 313 g/mol. The fraction of sp³-hybridized carbons (Fsp3) is 0.263. The van der Waals surface area contributed by atoms with Crippen LogP contribution in [0.1, 0.15) is 41.5 Å². The maximum absolute atomic E-state index is 11.5. The van der Waals surface area contributed by atoms with Crippen LogP contribution < -0.4 is 11.2 Å². The Morgan fingerprint density at radius 2 is 1.92 bits per heavy atom. The first kappa shape index (κ1) is 17.2. The van der Waals surface area contributed by atoms with E-state index in [4.69, 9.17) is 10.7 Å². The number of amides is 1. The molecule has 1 heterocycles. The van der Waals surface area contributed by atoms with Gasteiger partial charge < -0.3 is 15.3 Å². The number of benzene rings is 2. The molecule has 5 nitrogen and oxygen atoms in total. The molecule has 0 spiro atoms. The summed E-state index contributed by atoms with van der Waals surface area (Å²) in [7, 11) is 0. The minimum Gasteiger partial charge on any atom is -0.447 e. The van der Waals surface area contributed by atoms with Gasteiger partial charge in [0.2, 0.25) is 5.91 Å². The Morgan fingerprint density at radius 1 is 1.24 bits per heavy atom. The third-order valence-electron chi connectivity index (χ3n) is 4.38. The van der Waals surface area contributed by atoms with Gasteiger partial charge in [-0.3, -0.25) is 4.79 Å². The fourth-order valence-corrected chi connectivity index (χ4v) is 2.99. The monoisotopic (exact) mass is 335 g/mol. The van der Waals surface area contributed by atoms with E-state index in [1.165, 1.54) is 0 Å². The largest absolute Gasteiger partial charge is 0.447 e. The highest BCUT2D eigenvalue weighted by molar-refractivity contribution is 6.64. The van der Waals surface area contributed by atoms with E-state index in [1.54, 1.807) is 19.0 Å². The lowest BCUT2D eigenvalue weighted by Crippen LogP contribution is -2.25. The number of imidazole rings is 1. The predicted octanol–water partition coefficient (Wildman–Crippen LogP) is 2.13. The molecule has 0 saturated carbocycles. The molecule has 3 rings (SSSR count). The van der Waals surface area contributed by atoms with Crippen molar-refractivity contribution >= 4 is 29.3 Å². The molecule has 1 amide bonds. The third kappa shape index (κ3) is 3.44. The first-order valence-electron chi connectivity index (χ1n) is 8.43. The van der Waals surface area contributed by atoms with Gasteiger partial charge in [-0.15, -0.1) is 0 Å². The lowest BCUT2D eigenvalue weighted by atomic mass is 9.64. The molecule has 128 valence electrons. The lowest BCUT2D eigenvalue weighted by Gasteiger charge is -2.12. The van der Waals surface area contributed by atoms with Crippen molar-refractivity contribution in [1.29, 1.82) is 0 Å². The van der Waals surface area contributed by atoms with Crippen LogP contribution in [-0.4, -0.2) is 27.4 Å². The van der Waals surface area contributed by atoms with Crippen molar-refractivity contribution < 1.29 is 9.82 Å². The van der Waals surface area contributed by atoms with Gasteiger partial charge in [-0.05, 0) is 29.2 Å². The number of primary amides is 1. The van der Waals surface area contributed by atoms with Crippen molar-refractivity contribution in [1.82, 2.24) is 9.55 Å². The zero-order valence-corrected chi connectivity index (χ0v) is 14.7. The Balaban J connectivity index is 2.07. The van der Waals surface area contributed by atoms with Crippen molar-refractivity contribution in [3.63, 3.8) is 0 Å². The summed E-state index contributed by atoms with van der Waals surface area (Å²) in [6, 6.07) is 13.2. The second kappa shape index (κ2) is 6.72. The molecular formula is C19H22BN3O2. The highest BCUT2D eigenvalue weighted by atomic mass is 16.2. The molecule has 0 fully saturated rings. The molecule has 0 aliphatic rings. The van der Waals surface area contributed by atoms with E-state index in [0.717, 1.165) is 27.9 Å². The number of hydrogen-bond donors (Lipinski definition) is 2. The summed E-state index contributed by atoms with van der Waals surface area (Å²) in [5.74, 6) is 0.777. The number of carbonyl (C=O) groups is 1. The summed E-state index contributed by atoms with van der Waals surface area (Å²) in [5.41, 5.74) is 9.66. The van der Waals surface area contributed by atoms with E-state index in [9.17, 15) is 9.82 Å². The Kier molecular flexibility index (Phi) is 4.64. The summed E-state index contributed by atoms with van der Waals surface area (Å²) in [5, 5.41) is 9.65. The van der Waals surface area contributed by atoms with Crippen LogP contribution in [0.4, 0.5) is 0 Å². The van der Waals surface area contributed by atoms with Crippen molar-refractivity contribution in [2.45, 2.75) is 33.1 Å². The summed E-state index contributed by atoms with van der Waals surface area (Å²) in [6.07, 6.45) is 0. The van der Waals surface area contributed by atoms with Crippen LogP contribution >= 0.6 is 0 Å². The number of fused-ring (bicyclic) bond motifs is 1. The van der Waals surface area contributed by atoms with Crippen LogP contribution in [0.15, 0.2) is 42.5 Å². The van der Waals surface area contributed by atoms with Gasteiger partial charge in [-0.1, -0.05) is 44.9 Å². The molecule has 0 unspecified atom stereocenters. The van der Waals surface area contributed by atoms with E-state index in [0.29, 0.717) is 12.1 Å². The highest BCUT2D eigenvalue weighted by Crippen LogP contribution is 2.24. The van der Waals surface area contributed by atoms with Gasteiger partial charge in [0.25, 0.3) is 0 Å². The maximum Gasteiger partial charge on any atom is 0.320 e. The SMILES string of the molecule is CB(O)c1ccc(Cn2c(C(C)C)nc3ccc(C(N)=O)cc32)cc1. The molecule has 0 aliphatic heterocycles. The van der Waals surface area contributed by atoms with Gasteiger partial charge in [-0.25, -0.2) is 4.98 Å². The summed E-state index contributed by atoms with van der Waals surface area (Å²) in [4.78, 5) is 16.3. The van der Waals surface area contributed by atoms with E-state index in [1.807, 2.05) is 30.3 Å². The standard InChI is InChI=1S/C19H22BN3O2/c1-12(2)19-22-16-9-6-14(18(21)24)10-17(16)23(19)11-13-4-7-15(8-5-13)20(3)25/h4-10,12,25H,11H2,1-3H3,(H2,21,24). The number of carbonyl (C=O) groups excluding carboxylic acids is 1. The molecule has 3 aromatic rings. The number of hydrogen-bond acceptors (Lipinski definition) is 3. The Hall–Kier alpha value is -2.60. The van der Waals surface area contributed by atoms with E-state index >= 15 is 0 Å². The van der Waals surface area contributed by atoms with Crippen LogP contribution in [-0.2, 0) is 6.54 Å². The lowest BCUT2D eigenvalue weighted by molar-refractivity contribution is 0.100. The topological polar surface area (TPSA) is 81.1 Å². The quantitative estimate of drug-likeness (QED) is 0.701. The molecule has 3 N–H and O–H groups in total. The smallest absolute Gasteiger partial charge is 0.320 e. The van der Waals surface area contributed by atoms with Gasteiger partial charge in [-0.2, -0.15) is 0 Å².